The zero-order chi connectivity index (χ0) is 9.84. The maximum absolute atomic E-state index is 11.2. The lowest BCUT2D eigenvalue weighted by Gasteiger charge is -2.10. The van der Waals surface area contributed by atoms with Crippen molar-refractivity contribution < 1.29 is 14.4 Å². The number of Topliss-reactive ketones (excluding diaryl/α,β-unsaturated/α-hetero) is 2. The molecule has 1 heterocycles. The minimum Gasteiger partial charge on any atom is -0.297 e. The van der Waals surface area contributed by atoms with Crippen LogP contribution >= 0.6 is 0 Å². The lowest BCUT2D eigenvalue weighted by molar-refractivity contribution is -0.142. The summed E-state index contributed by atoms with van der Waals surface area (Å²) >= 11 is 0. The number of nitrogens with one attached hydrogen (secondary N) is 1. The van der Waals surface area contributed by atoms with Crippen molar-refractivity contribution >= 4 is 17.5 Å². The van der Waals surface area contributed by atoms with E-state index in [0.29, 0.717) is 6.42 Å². The van der Waals surface area contributed by atoms with Crippen LogP contribution in [-0.2, 0) is 14.4 Å². The fraction of sp³-hybridized carbons (Fsp3) is 0.571. The monoisotopic (exact) mass is 183 g/mol. The Kier molecular flexibility index (Phi) is 2.84. The predicted molar refractivity (Wildman–Crippen MR) is 41.7 cm³/mol. The number of nitrogens with zero attached hydrogens (tertiary/aromatic N) is 2. The first-order valence-electron chi connectivity index (χ1n) is 3.93. The lowest BCUT2D eigenvalue weighted by Crippen LogP contribution is -2.42. The Hall–Kier alpha value is -1.59. The van der Waals surface area contributed by atoms with Gasteiger partial charge in [-0.15, -0.1) is 0 Å². The molecular weight excluding hydrogens is 174 g/mol. The van der Waals surface area contributed by atoms with Crippen LogP contribution in [0, 0.1) is 0 Å². The van der Waals surface area contributed by atoms with Crippen LogP contribution < -0.4 is 5.43 Å². The molecule has 0 aliphatic carbocycles. The van der Waals surface area contributed by atoms with Gasteiger partial charge >= 0.3 is 5.91 Å². The van der Waals surface area contributed by atoms with Crippen molar-refractivity contribution in [3.05, 3.63) is 0 Å². The molecule has 1 N–H and O–H groups in total. The van der Waals surface area contributed by atoms with Crippen LogP contribution in [0.5, 0.6) is 0 Å². The van der Waals surface area contributed by atoms with Crippen molar-refractivity contribution in [2.75, 3.05) is 0 Å². The van der Waals surface area contributed by atoms with Crippen molar-refractivity contribution in [2.45, 2.75) is 25.8 Å². The van der Waals surface area contributed by atoms with Gasteiger partial charge in [-0.1, -0.05) is 12.1 Å². The fourth-order valence-corrected chi connectivity index (χ4v) is 0.957. The second kappa shape index (κ2) is 3.88. The molecule has 0 aromatic rings. The summed E-state index contributed by atoms with van der Waals surface area (Å²) in [5.41, 5.74) is 1.88. The van der Waals surface area contributed by atoms with Gasteiger partial charge in [-0.3, -0.25) is 14.4 Å². The molecular formula is C7H9N3O3. The largest absolute Gasteiger partial charge is 0.311 e. The number of hydrogen-bond donors (Lipinski definition) is 1. The minimum absolute atomic E-state index is 0.239. The highest BCUT2D eigenvalue weighted by molar-refractivity contribution is 6.42. The van der Waals surface area contributed by atoms with Crippen molar-refractivity contribution in [3.8, 4) is 0 Å². The summed E-state index contributed by atoms with van der Waals surface area (Å²) in [5.74, 6) is -2.05. The summed E-state index contributed by atoms with van der Waals surface area (Å²) in [6.07, 6.45) is 0.864. The summed E-state index contributed by atoms with van der Waals surface area (Å²) in [6, 6.07) is -1.21. The van der Waals surface area contributed by atoms with E-state index in [9.17, 15) is 14.4 Å². The number of amides is 1. The molecule has 0 bridgehead atoms. The maximum atomic E-state index is 11.2. The summed E-state index contributed by atoms with van der Waals surface area (Å²) in [7, 11) is 0. The SMILES string of the molecule is CCCC(=O)C1N=NNC(=O)C1=O. The van der Waals surface area contributed by atoms with Gasteiger partial charge in [0.2, 0.25) is 0 Å². The highest BCUT2D eigenvalue weighted by Gasteiger charge is 2.33. The molecule has 0 saturated heterocycles. The number of hydrogen-bond acceptors (Lipinski definition) is 5. The average Bonchev–Trinajstić information content (AvgIpc) is 2.10. The molecule has 1 rings (SSSR count). The number of ketones is 2. The van der Waals surface area contributed by atoms with E-state index in [1.165, 1.54) is 0 Å². The van der Waals surface area contributed by atoms with E-state index >= 15 is 0 Å². The van der Waals surface area contributed by atoms with Gasteiger partial charge in [0.15, 0.2) is 11.8 Å². The molecule has 1 aliphatic rings. The summed E-state index contributed by atoms with van der Waals surface area (Å²) in [4.78, 5) is 33.0. The highest BCUT2D eigenvalue weighted by atomic mass is 16.2. The third-order valence-corrected chi connectivity index (χ3v) is 1.60. The Morgan fingerprint density at radius 2 is 2.23 bits per heavy atom. The van der Waals surface area contributed by atoms with E-state index in [1.807, 2.05) is 12.3 Å². The van der Waals surface area contributed by atoms with E-state index in [0.717, 1.165) is 0 Å². The second-order valence-corrected chi connectivity index (χ2v) is 2.64. The lowest BCUT2D eigenvalue weighted by atomic mass is 10.0. The summed E-state index contributed by atoms with van der Waals surface area (Å²) < 4.78 is 0. The molecule has 1 atom stereocenters. The van der Waals surface area contributed by atoms with Gasteiger partial charge in [0.25, 0.3) is 5.78 Å². The first-order chi connectivity index (χ1) is 6.16. The molecule has 0 aromatic carbocycles. The van der Waals surface area contributed by atoms with Crippen LogP contribution in [0.25, 0.3) is 0 Å². The number of rotatable bonds is 3. The smallest absolute Gasteiger partial charge is 0.297 e. The van der Waals surface area contributed by atoms with Gasteiger partial charge in [0, 0.05) is 6.42 Å². The van der Waals surface area contributed by atoms with Crippen molar-refractivity contribution in [3.63, 3.8) is 0 Å². The topological polar surface area (TPSA) is 88.0 Å². The molecule has 13 heavy (non-hydrogen) atoms. The fourth-order valence-electron chi connectivity index (χ4n) is 0.957. The quantitative estimate of drug-likeness (QED) is 0.485. The predicted octanol–water partition coefficient (Wildman–Crippen LogP) is -0.210. The van der Waals surface area contributed by atoms with Gasteiger partial charge in [-0.25, -0.2) is 5.43 Å². The van der Waals surface area contributed by atoms with Crippen LogP contribution in [0.4, 0.5) is 0 Å². The van der Waals surface area contributed by atoms with E-state index in [-0.39, 0.29) is 12.2 Å². The average molecular weight is 183 g/mol. The number of carbonyl (C=O) groups is 3. The Morgan fingerprint density at radius 1 is 1.54 bits per heavy atom. The Labute approximate surface area is 74.4 Å². The third kappa shape index (κ3) is 1.95. The molecule has 6 nitrogen and oxygen atoms in total. The van der Waals surface area contributed by atoms with Gasteiger partial charge in [-0.2, -0.15) is 5.11 Å². The second-order valence-electron chi connectivity index (χ2n) is 2.64. The van der Waals surface area contributed by atoms with Crippen LogP contribution in [0.15, 0.2) is 10.3 Å². The first kappa shape index (κ1) is 9.50. The van der Waals surface area contributed by atoms with Crippen LogP contribution in [0.1, 0.15) is 19.8 Å². The molecule has 0 aromatic heterocycles. The molecule has 70 valence electrons. The van der Waals surface area contributed by atoms with E-state index in [2.05, 4.69) is 10.3 Å². The summed E-state index contributed by atoms with van der Waals surface area (Å²) in [6.45, 7) is 1.81. The Balaban J connectivity index is 2.74. The van der Waals surface area contributed by atoms with Gasteiger partial charge in [0.05, 0.1) is 0 Å². The summed E-state index contributed by atoms with van der Waals surface area (Å²) in [5, 5.41) is 6.55. The van der Waals surface area contributed by atoms with E-state index in [4.69, 9.17) is 0 Å². The molecule has 0 saturated carbocycles. The van der Waals surface area contributed by atoms with Crippen molar-refractivity contribution in [2.24, 2.45) is 10.3 Å². The van der Waals surface area contributed by atoms with Crippen molar-refractivity contribution in [1.29, 1.82) is 0 Å². The minimum atomic E-state index is -1.21. The Morgan fingerprint density at radius 3 is 2.85 bits per heavy atom. The van der Waals surface area contributed by atoms with Crippen LogP contribution in [-0.4, -0.2) is 23.5 Å². The van der Waals surface area contributed by atoms with Gasteiger partial charge in [0.1, 0.15) is 0 Å². The van der Waals surface area contributed by atoms with E-state index in [1.54, 1.807) is 0 Å². The maximum Gasteiger partial charge on any atom is 0.311 e. The Bertz CT molecular complexity index is 285. The molecule has 1 aliphatic heterocycles. The molecule has 0 spiro atoms. The highest BCUT2D eigenvalue weighted by Crippen LogP contribution is 2.05. The van der Waals surface area contributed by atoms with E-state index < -0.39 is 17.7 Å². The number of carbonyl (C=O) groups excluding carboxylic acids is 3. The first-order valence-corrected chi connectivity index (χ1v) is 3.93. The molecule has 1 amide bonds. The molecule has 1 unspecified atom stereocenters. The molecule has 0 radical (unpaired) electrons. The zero-order valence-corrected chi connectivity index (χ0v) is 7.11. The van der Waals surface area contributed by atoms with Crippen LogP contribution in [0.2, 0.25) is 0 Å². The van der Waals surface area contributed by atoms with Crippen molar-refractivity contribution in [1.82, 2.24) is 5.43 Å². The van der Waals surface area contributed by atoms with Gasteiger partial charge in [-0.05, 0) is 6.42 Å². The van der Waals surface area contributed by atoms with Gasteiger partial charge < -0.3 is 0 Å². The van der Waals surface area contributed by atoms with Crippen LogP contribution in [0.3, 0.4) is 0 Å². The standard InChI is InChI=1S/C7H9N3O3/c1-2-3-4(11)5-6(12)7(13)9-10-8-5/h5H,2-3H2,1H3,(H,8,9,13). The normalized spacial score (nSPS) is 21.5. The zero-order valence-electron chi connectivity index (χ0n) is 7.11. The third-order valence-electron chi connectivity index (χ3n) is 1.60. The molecule has 6 heteroatoms. The molecule has 0 fully saturated rings.